The molecule has 0 fully saturated rings. The standard InChI is InChI=1S/C10H7ClN2O/c1-6(14)10-12-8-5-3-2-4-7(8)9(11)13-10/h2-5H,1H3. The predicted octanol–water partition coefficient (Wildman–Crippen LogP) is 2.49. The number of aromatic nitrogens is 2. The zero-order valence-electron chi connectivity index (χ0n) is 7.49. The second kappa shape index (κ2) is 3.35. The average Bonchev–Trinajstić information content (AvgIpc) is 2.17. The Labute approximate surface area is 85.7 Å². The number of hydrogen-bond acceptors (Lipinski definition) is 3. The average molecular weight is 207 g/mol. The molecule has 0 aliphatic heterocycles. The molecule has 0 aliphatic carbocycles. The first-order chi connectivity index (χ1) is 6.68. The Bertz CT molecular complexity index is 510. The molecule has 0 spiro atoms. The molecule has 0 unspecified atom stereocenters. The Morgan fingerprint density at radius 1 is 1.29 bits per heavy atom. The van der Waals surface area contributed by atoms with Gasteiger partial charge in [0, 0.05) is 12.3 Å². The van der Waals surface area contributed by atoms with Gasteiger partial charge < -0.3 is 0 Å². The van der Waals surface area contributed by atoms with Crippen molar-refractivity contribution in [3.8, 4) is 0 Å². The van der Waals surface area contributed by atoms with Gasteiger partial charge in [-0.25, -0.2) is 9.97 Å². The van der Waals surface area contributed by atoms with Gasteiger partial charge in [0.1, 0.15) is 5.15 Å². The van der Waals surface area contributed by atoms with Gasteiger partial charge in [-0.3, -0.25) is 4.79 Å². The van der Waals surface area contributed by atoms with Crippen LogP contribution in [0.25, 0.3) is 10.9 Å². The fourth-order valence-corrected chi connectivity index (χ4v) is 1.44. The fourth-order valence-electron chi connectivity index (χ4n) is 1.20. The van der Waals surface area contributed by atoms with Crippen molar-refractivity contribution in [2.24, 2.45) is 0 Å². The molecule has 1 aromatic heterocycles. The molecule has 0 saturated heterocycles. The van der Waals surface area contributed by atoms with Crippen molar-refractivity contribution in [2.75, 3.05) is 0 Å². The number of nitrogens with zero attached hydrogens (tertiary/aromatic N) is 2. The summed E-state index contributed by atoms with van der Waals surface area (Å²) >= 11 is 5.90. The minimum atomic E-state index is -0.183. The Kier molecular flexibility index (Phi) is 2.17. The smallest absolute Gasteiger partial charge is 0.197 e. The number of hydrogen-bond donors (Lipinski definition) is 0. The lowest BCUT2D eigenvalue weighted by atomic mass is 10.2. The summed E-state index contributed by atoms with van der Waals surface area (Å²) in [7, 11) is 0. The second-order valence-electron chi connectivity index (χ2n) is 2.91. The van der Waals surface area contributed by atoms with Gasteiger partial charge in [-0.2, -0.15) is 0 Å². The molecule has 0 radical (unpaired) electrons. The maximum atomic E-state index is 11.1. The molecular formula is C10H7ClN2O. The van der Waals surface area contributed by atoms with Crippen molar-refractivity contribution < 1.29 is 4.79 Å². The summed E-state index contributed by atoms with van der Waals surface area (Å²) in [6.07, 6.45) is 0. The summed E-state index contributed by atoms with van der Waals surface area (Å²) < 4.78 is 0. The van der Waals surface area contributed by atoms with Crippen LogP contribution >= 0.6 is 11.6 Å². The van der Waals surface area contributed by atoms with Crippen LogP contribution in [0.2, 0.25) is 5.15 Å². The molecule has 1 aromatic carbocycles. The summed E-state index contributed by atoms with van der Waals surface area (Å²) in [6.45, 7) is 1.42. The van der Waals surface area contributed by atoms with Gasteiger partial charge in [-0.05, 0) is 12.1 Å². The van der Waals surface area contributed by atoms with E-state index in [-0.39, 0.29) is 11.6 Å². The maximum Gasteiger partial charge on any atom is 0.197 e. The summed E-state index contributed by atoms with van der Waals surface area (Å²) in [5, 5.41) is 1.08. The first-order valence-corrected chi connectivity index (χ1v) is 4.49. The first kappa shape index (κ1) is 9.09. The SMILES string of the molecule is CC(=O)c1nc(Cl)c2ccccc2n1. The third kappa shape index (κ3) is 1.46. The van der Waals surface area contributed by atoms with Crippen molar-refractivity contribution in [1.29, 1.82) is 0 Å². The number of fused-ring (bicyclic) bond motifs is 1. The molecule has 1 heterocycles. The molecule has 0 amide bonds. The molecule has 0 saturated carbocycles. The number of carbonyl (C=O) groups excluding carboxylic acids is 1. The molecule has 70 valence electrons. The van der Waals surface area contributed by atoms with Crippen molar-refractivity contribution >= 4 is 28.3 Å². The number of halogens is 1. The molecule has 0 N–H and O–H groups in total. The van der Waals surface area contributed by atoms with Gasteiger partial charge in [0.2, 0.25) is 0 Å². The zero-order chi connectivity index (χ0) is 10.1. The molecular weight excluding hydrogens is 200 g/mol. The quantitative estimate of drug-likeness (QED) is 0.532. The molecule has 0 atom stereocenters. The van der Waals surface area contributed by atoms with Crippen LogP contribution in [0.5, 0.6) is 0 Å². The normalized spacial score (nSPS) is 10.4. The predicted molar refractivity (Wildman–Crippen MR) is 54.6 cm³/mol. The Hall–Kier alpha value is -1.48. The van der Waals surface area contributed by atoms with E-state index in [4.69, 9.17) is 11.6 Å². The van der Waals surface area contributed by atoms with Crippen molar-refractivity contribution in [3.63, 3.8) is 0 Å². The van der Waals surface area contributed by atoms with E-state index in [1.165, 1.54) is 6.92 Å². The fraction of sp³-hybridized carbons (Fsp3) is 0.100. The van der Waals surface area contributed by atoms with E-state index < -0.39 is 0 Å². The largest absolute Gasteiger partial charge is 0.291 e. The van der Waals surface area contributed by atoms with Gasteiger partial charge in [0.25, 0.3) is 0 Å². The van der Waals surface area contributed by atoms with Crippen molar-refractivity contribution in [2.45, 2.75) is 6.92 Å². The lowest BCUT2D eigenvalue weighted by Gasteiger charge is -2.00. The molecule has 4 heteroatoms. The maximum absolute atomic E-state index is 11.1. The molecule has 0 bridgehead atoms. The Morgan fingerprint density at radius 2 is 2.00 bits per heavy atom. The van der Waals surface area contributed by atoms with Crippen LogP contribution in [0, 0.1) is 0 Å². The molecule has 14 heavy (non-hydrogen) atoms. The highest BCUT2D eigenvalue weighted by molar-refractivity contribution is 6.34. The Balaban J connectivity index is 2.78. The van der Waals surface area contributed by atoms with Crippen LogP contribution in [0.15, 0.2) is 24.3 Å². The minimum Gasteiger partial charge on any atom is -0.291 e. The van der Waals surface area contributed by atoms with Crippen LogP contribution in [0.1, 0.15) is 17.5 Å². The zero-order valence-corrected chi connectivity index (χ0v) is 8.25. The topological polar surface area (TPSA) is 42.9 Å². The van der Waals surface area contributed by atoms with E-state index in [0.29, 0.717) is 10.7 Å². The number of benzene rings is 1. The molecule has 0 aliphatic rings. The number of Topliss-reactive ketones (excluding diaryl/α,β-unsaturated/α-hetero) is 1. The van der Waals surface area contributed by atoms with E-state index in [2.05, 4.69) is 9.97 Å². The van der Waals surface area contributed by atoms with Gasteiger partial charge in [0.15, 0.2) is 11.6 Å². The Morgan fingerprint density at radius 3 is 2.71 bits per heavy atom. The lowest BCUT2D eigenvalue weighted by molar-refractivity contribution is 0.100. The number of ketones is 1. The third-order valence-corrected chi connectivity index (χ3v) is 2.16. The third-order valence-electron chi connectivity index (χ3n) is 1.87. The van der Waals surface area contributed by atoms with E-state index in [1.807, 2.05) is 18.2 Å². The van der Waals surface area contributed by atoms with E-state index in [1.54, 1.807) is 6.07 Å². The summed E-state index contributed by atoms with van der Waals surface area (Å²) in [5.41, 5.74) is 0.692. The monoisotopic (exact) mass is 206 g/mol. The number of carbonyl (C=O) groups is 1. The summed E-state index contributed by atoms with van der Waals surface area (Å²) in [6, 6.07) is 7.32. The van der Waals surface area contributed by atoms with Gasteiger partial charge in [-0.15, -0.1) is 0 Å². The van der Waals surface area contributed by atoms with Crippen LogP contribution in [0.4, 0.5) is 0 Å². The van der Waals surface area contributed by atoms with Crippen LogP contribution < -0.4 is 0 Å². The summed E-state index contributed by atoms with van der Waals surface area (Å²) in [4.78, 5) is 19.1. The van der Waals surface area contributed by atoms with E-state index >= 15 is 0 Å². The first-order valence-electron chi connectivity index (χ1n) is 4.11. The minimum absolute atomic E-state index is 0.161. The van der Waals surface area contributed by atoms with Crippen molar-refractivity contribution in [3.05, 3.63) is 35.2 Å². The highest BCUT2D eigenvalue weighted by Crippen LogP contribution is 2.19. The molecule has 2 rings (SSSR count). The van der Waals surface area contributed by atoms with Crippen LogP contribution in [-0.2, 0) is 0 Å². The lowest BCUT2D eigenvalue weighted by Crippen LogP contribution is -2.01. The van der Waals surface area contributed by atoms with Crippen LogP contribution in [0.3, 0.4) is 0 Å². The second-order valence-corrected chi connectivity index (χ2v) is 3.27. The highest BCUT2D eigenvalue weighted by Gasteiger charge is 2.07. The number of rotatable bonds is 1. The molecule has 3 nitrogen and oxygen atoms in total. The number of para-hydroxylation sites is 1. The van der Waals surface area contributed by atoms with Crippen molar-refractivity contribution in [1.82, 2.24) is 9.97 Å². The summed E-state index contributed by atoms with van der Waals surface area (Å²) in [5.74, 6) is -0.0219. The van der Waals surface area contributed by atoms with Gasteiger partial charge in [0.05, 0.1) is 5.52 Å². The van der Waals surface area contributed by atoms with E-state index in [0.717, 1.165) is 5.39 Å². The van der Waals surface area contributed by atoms with E-state index in [9.17, 15) is 4.79 Å². The molecule has 2 aromatic rings. The van der Waals surface area contributed by atoms with Gasteiger partial charge in [-0.1, -0.05) is 23.7 Å². The van der Waals surface area contributed by atoms with Gasteiger partial charge >= 0.3 is 0 Å². The highest BCUT2D eigenvalue weighted by atomic mass is 35.5. The van der Waals surface area contributed by atoms with Crippen LogP contribution in [-0.4, -0.2) is 15.8 Å².